The van der Waals surface area contributed by atoms with Crippen LogP contribution in [0.5, 0.6) is 0 Å². The van der Waals surface area contributed by atoms with Gasteiger partial charge in [-0.05, 0) is 73.2 Å². The van der Waals surface area contributed by atoms with Crippen LogP contribution in [0.4, 0.5) is 0 Å². The zero-order valence-electron chi connectivity index (χ0n) is 14.6. The number of ketones is 1. The van der Waals surface area contributed by atoms with Gasteiger partial charge in [-0.25, -0.2) is 0 Å². The van der Waals surface area contributed by atoms with E-state index in [2.05, 4.69) is 13.8 Å². The number of aliphatic hydroxyl groups is 2. The van der Waals surface area contributed by atoms with Crippen molar-refractivity contribution in [2.45, 2.75) is 71.5 Å². The predicted molar refractivity (Wildman–Crippen MR) is 88.7 cm³/mol. The zero-order chi connectivity index (χ0) is 16.6. The Balaban J connectivity index is 1.75. The van der Waals surface area contributed by atoms with E-state index >= 15 is 0 Å². The fourth-order valence-electron chi connectivity index (χ4n) is 7.00. The van der Waals surface area contributed by atoms with Gasteiger partial charge in [0, 0.05) is 5.92 Å². The fraction of sp³-hybridized carbons (Fsp3) is 0.850. The number of fused-ring (bicyclic) bond motifs is 5. The molecule has 128 valence electrons. The summed E-state index contributed by atoms with van der Waals surface area (Å²) in [6, 6.07) is 0. The zero-order valence-corrected chi connectivity index (χ0v) is 14.6. The molecule has 0 saturated heterocycles. The minimum absolute atomic E-state index is 0.0372. The summed E-state index contributed by atoms with van der Waals surface area (Å²) < 4.78 is 0. The molecule has 0 aromatic heterocycles. The third kappa shape index (κ3) is 1.99. The van der Waals surface area contributed by atoms with Crippen LogP contribution in [-0.4, -0.2) is 28.2 Å². The van der Waals surface area contributed by atoms with Crippen LogP contribution in [0.25, 0.3) is 0 Å². The molecule has 4 aliphatic carbocycles. The first-order chi connectivity index (χ1) is 10.8. The van der Waals surface area contributed by atoms with Crippen LogP contribution in [0.3, 0.4) is 0 Å². The highest BCUT2D eigenvalue weighted by Crippen LogP contribution is 2.65. The lowest BCUT2D eigenvalue weighted by molar-refractivity contribution is -0.145. The molecule has 0 aromatic rings. The Morgan fingerprint density at radius 3 is 2.61 bits per heavy atom. The quantitative estimate of drug-likeness (QED) is 0.721. The van der Waals surface area contributed by atoms with E-state index in [0.717, 1.165) is 32.1 Å². The Kier molecular flexibility index (Phi) is 3.39. The first kappa shape index (κ1) is 15.8. The SMILES string of the molecule is CC1C[C@@]2(C)C(=CC1=O)CC[C@H]1[C@@H]3CC[C@H](O)[C@@]3(C)CC(O)[C@@H]12. The molecule has 0 radical (unpaired) electrons. The van der Waals surface area contributed by atoms with Gasteiger partial charge >= 0.3 is 0 Å². The van der Waals surface area contributed by atoms with Gasteiger partial charge in [0.2, 0.25) is 0 Å². The molecule has 2 unspecified atom stereocenters. The van der Waals surface area contributed by atoms with E-state index < -0.39 is 0 Å². The number of carbonyl (C=O) groups is 1. The highest BCUT2D eigenvalue weighted by atomic mass is 16.3. The fourth-order valence-corrected chi connectivity index (χ4v) is 7.00. The molecule has 0 heterocycles. The summed E-state index contributed by atoms with van der Waals surface area (Å²) in [4.78, 5) is 12.1. The standard InChI is InChI=1S/C20H30O3/c1-11-9-19(2)12(8-15(11)21)4-5-13-14-6-7-17(23)20(14,3)10-16(22)18(13)19/h8,11,13-14,16-18,22-23H,4-7,9-10H2,1-3H3/t11?,13-,14-,16?,17-,18+,19-,20-/m0/s1. The summed E-state index contributed by atoms with van der Waals surface area (Å²) >= 11 is 0. The normalized spacial score (nSPS) is 55.7. The monoisotopic (exact) mass is 318 g/mol. The third-order valence-corrected chi connectivity index (χ3v) is 8.15. The lowest BCUT2D eigenvalue weighted by atomic mass is 9.46. The first-order valence-corrected chi connectivity index (χ1v) is 9.38. The van der Waals surface area contributed by atoms with E-state index in [9.17, 15) is 15.0 Å². The molecular formula is C20H30O3. The molecule has 0 aliphatic heterocycles. The van der Waals surface area contributed by atoms with Gasteiger partial charge in [-0.3, -0.25) is 4.79 Å². The maximum atomic E-state index is 12.1. The molecule has 4 rings (SSSR count). The molecule has 3 nitrogen and oxygen atoms in total. The molecule has 3 saturated carbocycles. The summed E-state index contributed by atoms with van der Waals surface area (Å²) in [5.74, 6) is 1.60. The topological polar surface area (TPSA) is 57.5 Å². The minimum atomic E-state index is -0.358. The van der Waals surface area contributed by atoms with Crippen molar-refractivity contribution in [3.8, 4) is 0 Å². The molecule has 23 heavy (non-hydrogen) atoms. The van der Waals surface area contributed by atoms with Crippen LogP contribution < -0.4 is 0 Å². The molecule has 3 fully saturated rings. The van der Waals surface area contributed by atoms with E-state index in [1.54, 1.807) is 0 Å². The Labute approximate surface area is 139 Å². The van der Waals surface area contributed by atoms with Crippen molar-refractivity contribution >= 4 is 5.78 Å². The maximum Gasteiger partial charge on any atom is 0.158 e. The lowest BCUT2D eigenvalue weighted by Gasteiger charge is -2.59. The largest absolute Gasteiger partial charge is 0.393 e. The second kappa shape index (κ2) is 4.92. The average molecular weight is 318 g/mol. The van der Waals surface area contributed by atoms with Crippen molar-refractivity contribution in [2.75, 3.05) is 0 Å². The highest BCUT2D eigenvalue weighted by Gasteiger charge is 2.62. The molecule has 8 atom stereocenters. The van der Waals surface area contributed by atoms with Gasteiger partial charge in [0.15, 0.2) is 5.78 Å². The van der Waals surface area contributed by atoms with Crippen molar-refractivity contribution in [3.63, 3.8) is 0 Å². The van der Waals surface area contributed by atoms with Crippen molar-refractivity contribution in [1.82, 2.24) is 0 Å². The van der Waals surface area contributed by atoms with E-state index in [-0.39, 0.29) is 40.7 Å². The number of allylic oxidation sites excluding steroid dienone is 1. The van der Waals surface area contributed by atoms with E-state index in [1.807, 2.05) is 13.0 Å². The smallest absolute Gasteiger partial charge is 0.158 e. The summed E-state index contributed by atoms with van der Waals surface area (Å²) in [6.45, 7) is 6.51. The molecule has 0 spiro atoms. The Morgan fingerprint density at radius 2 is 1.87 bits per heavy atom. The number of carbonyl (C=O) groups excluding carboxylic acids is 1. The van der Waals surface area contributed by atoms with Crippen molar-refractivity contribution < 1.29 is 15.0 Å². The predicted octanol–water partition coefficient (Wildman–Crippen LogP) is 3.10. The van der Waals surface area contributed by atoms with Gasteiger partial charge in [-0.2, -0.15) is 0 Å². The Morgan fingerprint density at radius 1 is 1.13 bits per heavy atom. The molecule has 0 bridgehead atoms. The maximum absolute atomic E-state index is 12.1. The molecule has 0 amide bonds. The number of hydrogen-bond donors (Lipinski definition) is 2. The van der Waals surface area contributed by atoms with Gasteiger partial charge in [0.25, 0.3) is 0 Å². The Bertz CT molecular complexity index is 567. The van der Waals surface area contributed by atoms with Gasteiger partial charge in [-0.1, -0.05) is 26.3 Å². The number of rotatable bonds is 0. The highest BCUT2D eigenvalue weighted by molar-refractivity contribution is 5.93. The van der Waals surface area contributed by atoms with E-state index in [1.165, 1.54) is 5.57 Å². The van der Waals surface area contributed by atoms with Gasteiger partial charge in [0.1, 0.15) is 0 Å². The summed E-state index contributed by atoms with van der Waals surface area (Å²) in [6.07, 6.45) is 6.90. The van der Waals surface area contributed by atoms with Crippen LogP contribution in [0, 0.1) is 34.5 Å². The summed E-state index contributed by atoms with van der Waals surface area (Å²) in [5, 5.41) is 21.6. The van der Waals surface area contributed by atoms with Crippen molar-refractivity contribution in [3.05, 3.63) is 11.6 Å². The van der Waals surface area contributed by atoms with Gasteiger partial charge in [0.05, 0.1) is 12.2 Å². The van der Waals surface area contributed by atoms with Gasteiger partial charge < -0.3 is 10.2 Å². The average Bonchev–Trinajstić information content (AvgIpc) is 2.76. The van der Waals surface area contributed by atoms with E-state index in [4.69, 9.17) is 0 Å². The van der Waals surface area contributed by atoms with E-state index in [0.29, 0.717) is 18.3 Å². The van der Waals surface area contributed by atoms with Crippen LogP contribution in [0.1, 0.15) is 59.3 Å². The molecule has 2 N–H and O–H groups in total. The van der Waals surface area contributed by atoms with Crippen LogP contribution in [0.2, 0.25) is 0 Å². The van der Waals surface area contributed by atoms with Crippen LogP contribution in [-0.2, 0) is 4.79 Å². The van der Waals surface area contributed by atoms with Crippen molar-refractivity contribution in [2.24, 2.45) is 34.5 Å². The van der Waals surface area contributed by atoms with Crippen LogP contribution in [0.15, 0.2) is 11.6 Å². The summed E-state index contributed by atoms with van der Waals surface area (Å²) in [7, 11) is 0. The Hall–Kier alpha value is -0.670. The summed E-state index contributed by atoms with van der Waals surface area (Å²) in [5.41, 5.74) is 1.13. The van der Waals surface area contributed by atoms with Gasteiger partial charge in [-0.15, -0.1) is 0 Å². The molecular weight excluding hydrogens is 288 g/mol. The second-order valence-electron chi connectivity index (χ2n) is 9.30. The third-order valence-electron chi connectivity index (χ3n) is 8.15. The van der Waals surface area contributed by atoms with Crippen LogP contribution >= 0.6 is 0 Å². The molecule has 3 heteroatoms. The molecule has 4 aliphatic rings. The number of aliphatic hydroxyl groups excluding tert-OH is 2. The number of hydrogen-bond acceptors (Lipinski definition) is 3. The first-order valence-electron chi connectivity index (χ1n) is 9.38. The molecule has 0 aromatic carbocycles. The van der Waals surface area contributed by atoms with Crippen molar-refractivity contribution in [1.29, 1.82) is 0 Å². The minimum Gasteiger partial charge on any atom is -0.393 e. The lowest BCUT2D eigenvalue weighted by Crippen LogP contribution is -2.57. The second-order valence-corrected chi connectivity index (χ2v) is 9.30.